The molecule has 2 heterocycles. The Hall–Kier alpha value is -2.99. The lowest BCUT2D eigenvalue weighted by Crippen LogP contribution is -2.44. The number of carboxylic acids is 1. The fourth-order valence-electron chi connectivity index (χ4n) is 3.60. The summed E-state index contributed by atoms with van der Waals surface area (Å²) >= 11 is 1.43. The normalized spacial score (nSPS) is 19.0. The van der Waals surface area contributed by atoms with E-state index in [0.29, 0.717) is 11.1 Å². The van der Waals surface area contributed by atoms with Crippen molar-refractivity contribution in [2.75, 3.05) is 0 Å². The molecule has 1 aromatic heterocycles. The van der Waals surface area contributed by atoms with E-state index in [1.807, 2.05) is 17.5 Å². The highest BCUT2D eigenvalue weighted by atomic mass is 32.1. The molecule has 2 atom stereocenters. The molecule has 0 saturated heterocycles. The number of aliphatic carboxylic acids is 1. The van der Waals surface area contributed by atoms with Gasteiger partial charge in [0.1, 0.15) is 11.7 Å². The van der Waals surface area contributed by atoms with Crippen LogP contribution in [0.25, 0.3) is 0 Å². The fourth-order valence-corrected chi connectivity index (χ4v) is 4.47. The predicted octanol–water partition coefficient (Wildman–Crippen LogP) is 4.45. The summed E-state index contributed by atoms with van der Waals surface area (Å²) in [4.78, 5) is 27.8. The van der Waals surface area contributed by atoms with E-state index in [1.165, 1.54) is 23.5 Å². The van der Waals surface area contributed by atoms with Crippen LogP contribution in [0.5, 0.6) is 0 Å². The number of thiophene rings is 1. The molecule has 4 nitrogen and oxygen atoms in total. The molecule has 27 heavy (non-hydrogen) atoms. The van der Waals surface area contributed by atoms with Crippen molar-refractivity contribution >= 4 is 23.2 Å². The number of rotatable bonds is 4. The summed E-state index contributed by atoms with van der Waals surface area (Å²) in [5.74, 6) is -2.41. The molecule has 0 saturated carbocycles. The zero-order chi connectivity index (χ0) is 19.0. The first kappa shape index (κ1) is 17.4. The van der Waals surface area contributed by atoms with Gasteiger partial charge in [-0.15, -0.1) is 11.3 Å². The van der Waals surface area contributed by atoms with Gasteiger partial charge in [0.25, 0.3) is 5.91 Å². The Morgan fingerprint density at radius 3 is 2.48 bits per heavy atom. The maximum atomic E-state index is 13.3. The summed E-state index contributed by atoms with van der Waals surface area (Å²) in [6.07, 6.45) is 0. The summed E-state index contributed by atoms with van der Waals surface area (Å²) in [5.41, 5.74) is 1.68. The Morgan fingerprint density at radius 2 is 1.81 bits per heavy atom. The molecule has 0 bridgehead atoms. The minimum absolute atomic E-state index is 0.208. The van der Waals surface area contributed by atoms with Crippen LogP contribution in [-0.2, 0) is 11.3 Å². The molecule has 0 unspecified atom stereocenters. The monoisotopic (exact) mass is 381 g/mol. The van der Waals surface area contributed by atoms with Crippen molar-refractivity contribution in [1.29, 1.82) is 0 Å². The molecular weight excluding hydrogens is 365 g/mol. The van der Waals surface area contributed by atoms with Gasteiger partial charge in [-0.2, -0.15) is 0 Å². The number of fused-ring (bicyclic) bond motifs is 1. The molecule has 1 amide bonds. The zero-order valence-corrected chi connectivity index (χ0v) is 15.0. The lowest BCUT2D eigenvalue weighted by Gasteiger charge is -2.40. The zero-order valence-electron chi connectivity index (χ0n) is 14.2. The summed E-state index contributed by atoms with van der Waals surface area (Å²) in [5, 5.41) is 11.8. The van der Waals surface area contributed by atoms with Gasteiger partial charge in [-0.3, -0.25) is 9.59 Å². The maximum Gasteiger partial charge on any atom is 0.313 e. The predicted molar refractivity (Wildman–Crippen MR) is 100 cm³/mol. The maximum absolute atomic E-state index is 13.3. The minimum Gasteiger partial charge on any atom is -0.481 e. The largest absolute Gasteiger partial charge is 0.481 e. The van der Waals surface area contributed by atoms with Gasteiger partial charge in [0, 0.05) is 17.0 Å². The van der Waals surface area contributed by atoms with Crippen molar-refractivity contribution in [1.82, 2.24) is 4.90 Å². The smallest absolute Gasteiger partial charge is 0.313 e. The molecule has 0 radical (unpaired) electrons. The second-order valence-electron chi connectivity index (χ2n) is 6.42. The molecule has 1 N–H and O–H groups in total. The van der Waals surface area contributed by atoms with Crippen molar-refractivity contribution in [2.24, 2.45) is 0 Å². The number of amides is 1. The van der Waals surface area contributed by atoms with Gasteiger partial charge in [0.2, 0.25) is 0 Å². The van der Waals surface area contributed by atoms with E-state index in [2.05, 4.69) is 0 Å². The minimum atomic E-state index is -0.975. The summed E-state index contributed by atoms with van der Waals surface area (Å²) in [7, 11) is 0. The van der Waals surface area contributed by atoms with E-state index in [4.69, 9.17) is 0 Å². The first-order valence-corrected chi connectivity index (χ1v) is 9.35. The van der Waals surface area contributed by atoms with Gasteiger partial charge in [-0.25, -0.2) is 4.39 Å². The summed E-state index contributed by atoms with van der Waals surface area (Å²) in [6.45, 7) is 0.208. The van der Waals surface area contributed by atoms with Crippen LogP contribution in [0.15, 0.2) is 66.0 Å². The molecule has 136 valence electrons. The second kappa shape index (κ2) is 6.96. The highest BCUT2D eigenvalue weighted by molar-refractivity contribution is 7.10. The second-order valence-corrected chi connectivity index (χ2v) is 7.40. The number of benzene rings is 2. The quantitative estimate of drug-likeness (QED) is 0.726. The molecule has 1 aliphatic heterocycles. The van der Waals surface area contributed by atoms with Gasteiger partial charge in [0.05, 0.1) is 6.04 Å². The van der Waals surface area contributed by atoms with Crippen LogP contribution < -0.4 is 0 Å². The number of carbonyl (C=O) groups is 2. The van der Waals surface area contributed by atoms with E-state index in [-0.39, 0.29) is 18.3 Å². The fraction of sp³-hybridized carbons (Fsp3) is 0.143. The Balaban J connectivity index is 1.85. The Labute approximate surface area is 159 Å². The molecule has 0 spiro atoms. The number of carbonyl (C=O) groups excluding carboxylic acids is 1. The van der Waals surface area contributed by atoms with Crippen LogP contribution in [0, 0.1) is 5.82 Å². The molecule has 6 heteroatoms. The third-order valence-electron chi connectivity index (χ3n) is 4.81. The highest BCUT2D eigenvalue weighted by Crippen LogP contribution is 2.44. The van der Waals surface area contributed by atoms with Crippen molar-refractivity contribution in [3.05, 3.63) is 93.4 Å². The average Bonchev–Trinajstić information content (AvgIpc) is 3.19. The van der Waals surface area contributed by atoms with E-state index >= 15 is 0 Å². The van der Waals surface area contributed by atoms with Gasteiger partial charge < -0.3 is 10.0 Å². The van der Waals surface area contributed by atoms with Crippen molar-refractivity contribution in [3.63, 3.8) is 0 Å². The highest BCUT2D eigenvalue weighted by Gasteiger charge is 2.44. The number of hydrogen-bond donors (Lipinski definition) is 1. The average molecular weight is 381 g/mol. The van der Waals surface area contributed by atoms with Crippen molar-refractivity contribution in [2.45, 2.75) is 18.5 Å². The van der Waals surface area contributed by atoms with E-state index in [0.717, 1.165) is 10.4 Å². The molecule has 3 aromatic rings. The Morgan fingerprint density at radius 1 is 1.07 bits per heavy atom. The summed E-state index contributed by atoms with van der Waals surface area (Å²) in [6, 6.07) is 15.9. The Kier molecular flexibility index (Phi) is 4.49. The van der Waals surface area contributed by atoms with Crippen LogP contribution in [0.4, 0.5) is 4.39 Å². The van der Waals surface area contributed by atoms with E-state index in [1.54, 1.807) is 41.3 Å². The number of nitrogens with zero attached hydrogens (tertiary/aromatic N) is 1. The van der Waals surface area contributed by atoms with Gasteiger partial charge in [0.15, 0.2) is 0 Å². The number of carboxylic acid groups (broad SMARTS) is 1. The molecular formula is C21H16FNO3S. The Bertz CT molecular complexity index is 985. The topological polar surface area (TPSA) is 57.6 Å². The molecule has 4 rings (SSSR count). The molecule has 0 aliphatic carbocycles. The lowest BCUT2D eigenvalue weighted by molar-refractivity contribution is -0.140. The van der Waals surface area contributed by atoms with Crippen LogP contribution in [0.1, 0.15) is 38.3 Å². The first-order valence-electron chi connectivity index (χ1n) is 8.47. The van der Waals surface area contributed by atoms with E-state index in [9.17, 15) is 19.1 Å². The van der Waals surface area contributed by atoms with Crippen molar-refractivity contribution in [3.8, 4) is 0 Å². The van der Waals surface area contributed by atoms with Gasteiger partial charge >= 0.3 is 5.97 Å². The van der Waals surface area contributed by atoms with Crippen LogP contribution in [0.2, 0.25) is 0 Å². The number of hydrogen-bond acceptors (Lipinski definition) is 3. The molecule has 2 aromatic carbocycles. The lowest BCUT2D eigenvalue weighted by atomic mass is 9.82. The van der Waals surface area contributed by atoms with Gasteiger partial charge in [-0.05, 0) is 40.8 Å². The van der Waals surface area contributed by atoms with Crippen LogP contribution in [-0.4, -0.2) is 21.9 Å². The van der Waals surface area contributed by atoms with Crippen LogP contribution in [0.3, 0.4) is 0 Å². The first-order chi connectivity index (χ1) is 13.1. The van der Waals surface area contributed by atoms with Crippen LogP contribution >= 0.6 is 11.3 Å². The van der Waals surface area contributed by atoms with Crippen molar-refractivity contribution < 1.29 is 19.1 Å². The summed E-state index contributed by atoms with van der Waals surface area (Å²) < 4.78 is 13.3. The number of halogens is 1. The third-order valence-corrected chi connectivity index (χ3v) is 5.75. The molecule has 0 fully saturated rings. The molecule has 1 aliphatic rings. The standard InChI is InChI=1S/C21H16FNO3S/c22-14-9-7-13(8-10-14)12-23-19(17-6-3-11-27-17)18(21(25)26)15-4-1-2-5-16(15)20(23)24/h1-11,18-19H,12H2,(H,25,26)/t18-,19+/m1/s1. The van der Waals surface area contributed by atoms with E-state index < -0.39 is 17.9 Å². The van der Waals surface area contributed by atoms with Gasteiger partial charge in [-0.1, -0.05) is 36.4 Å². The SMILES string of the molecule is O=C(O)[C@@H]1c2ccccc2C(=O)N(Cc2ccc(F)cc2)[C@H]1c1cccs1. The third kappa shape index (κ3) is 3.13.